The highest BCUT2D eigenvalue weighted by atomic mass is 19.1. The third kappa shape index (κ3) is 5.51. The van der Waals surface area contributed by atoms with Crippen molar-refractivity contribution in [3.05, 3.63) is 46.8 Å². The lowest BCUT2D eigenvalue weighted by atomic mass is 10.1. The minimum absolute atomic E-state index is 0.200. The molecule has 1 aromatic carbocycles. The molecule has 1 atom stereocenters. The van der Waals surface area contributed by atoms with E-state index in [0.29, 0.717) is 13.1 Å². The van der Waals surface area contributed by atoms with Crippen molar-refractivity contribution in [3.63, 3.8) is 0 Å². The van der Waals surface area contributed by atoms with Gasteiger partial charge in [-0.1, -0.05) is 6.07 Å². The Bertz CT molecular complexity index is 813. The second-order valence-corrected chi connectivity index (χ2v) is 7.15. The zero-order chi connectivity index (χ0) is 19.9. The lowest BCUT2D eigenvalue weighted by molar-refractivity contribution is 0.114. The summed E-state index contributed by atoms with van der Waals surface area (Å²) < 4.78 is 20.9. The van der Waals surface area contributed by atoms with Gasteiger partial charge in [-0.25, -0.2) is 9.38 Å². The van der Waals surface area contributed by atoms with E-state index in [1.54, 1.807) is 6.07 Å². The maximum absolute atomic E-state index is 13.3. The number of nitrogens with zero attached hydrogens (tertiary/aromatic N) is 4. The van der Waals surface area contributed by atoms with Crippen molar-refractivity contribution < 1.29 is 9.13 Å². The summed E-state index contributed by atoms with van der Waals surface area (Å²) in [6.07, 6.45) is 3.19. The van der Waals surface area contributed by atoms with Crippen LogP contribution in [-0.4, -0.2) is 46.5 Å². The Morgan fingerprint density at radius 3 is 2.86 bits per heavy atom. The molecule has 0 saturated carbocycles. The van der Waals surface area contributed by atoms with Crippen LogP contribution in [0.2, 0.25) is 0 Å². The van der Waals surface area contributed by atoms with Crippen LogP contribution in [0.15, 0.2) is 23.2 Å². The first-order valence-corrected chi connectivity index (χ1v) is 9.76. The van der Waals surface area contributed by atoms with Crippen LogP contribution in [0.25, 0.3) is 0 Å². The van der Waals surface area contributed by atoms with Gasteiger partial charge in [0.05, 0.1) is 6.10 Å². The van der Waals surface area contributed by atoms with Crippen LogP contribution in [0.4, 0.5) is 4.39 Å². The molecule has 1 aromatic heterocycles. The van der Waals surface area contributed by atoms with Gasteiger partial charge in [0.25, 0.3) is 0 Å². The molecule has 1 unspecified atom stereocenters. The molecule has 0 bridgehead atoms. The summed E-state index contributed by atoms with van der Waals surface area (Å²) in [6.45, 7) is 6.53. The number of benzene rings is 1. The first-order chi connectivity index (χ1) is 13.5. The molecule has 2 N–H and O–H groups in total. The molecule has 1 aliphatic heterocycles. The van der Waals surface area contributed by atoms with Gasteiger partial charge in [0, 0.05) is 26.7 Å². The van der Waals surface area contributed by atoms with Gasteiger partial charge in [-0.05, 0) is 56.4 Å². The fraction of sp³-hybridized carbons (Fsp3) is 0.550. The standard InChI is InChI=1S/C20H29FN6O/c1-14-11-17(21)7-6-16(14)8-9-22-20(23-12-18-5-4-10-28-18)24-13-19-26-25-15(2)27(19)3/h6-7,11,18H,4-5,8-10,12-13H2,1-3H3,(H2,22,23,24). The summed E-state index contributed by atoms with van der Waals surface area (Å²) in [6, 6.07) is 4.91. The number of hydrogen-bond donors (Lipinski definition) is 2. The van der Waals surface area contributed by atoms with Crippen LogP contribution in [0.3, 0.4) is 0 Å². The first kappa shape index (κ1) is 20.3. The summed E-state index contributed by atoms with van der Waals surface area (Å²) >= 11 is 0. The number of guanidine groups is 1. The molecule has 1 fully saturated rings. The SMILES string of the molecule is Cc1cc(F)ccc1CCNC(=NCc1nnc(C)n1C)NCC1CCCO1. The molecule has 3 rings (SSSR count). The van der Waals surface area contributed by atoms with Gasteiger partial charge in [0.1, 0.15) is 18.2 Å². The second-order valence-electron chi connectivity index (χ2n) is 7.15. The summed E-state index contributed by atoms with van der Waals surface area (Å²) in [5.41, 5.74) is 2.08. The van der Waals surface area contributed by atoms with Crippen LogP contribution >= 0.6 is 0 Å². The van der Waals surface area contributed by atoms with Gasteiger partial charge in [-0.15, -0.1) is 10.2 Å². The highest BCUT2D eigenvalue weighted by Gasteiger charge is 2.15. The maximum atomic E-state index is 13.3. The van der Waals surface area contributed by atoms with E-state index in [4.69, 9.17) is 4.74 Å². The number of nitrogens with one attached hydrogen (secondary N) is 2. The van der Waals surface area contributed by atoms with Gasteiger partial charge in [-0.3, -0.25) is 0 Å². The Morgan fingerprint density at radius 1 is 1.32 bits per heavy atom. The highest BCUT2D eigenvalue weighted by Crippen LogP contribution is 2.11. The number of aryl methyl sites for hydroxylation is 2. The molecular formula is C20H29FN6O. The van der Waals surface area contributed by atoms with Crippen molar-refractivity contribution in [3.8, 4) is 0 Å². The summed E-state index contributed by atoms with van der Waals surface area (Å²) in [4.78, 5) is 4.65. The van der Waals surface area contributed by atoms with Gasteiger partial charge in [0.2, 0.25) is 0 Å². The predicted octanol–water partition coefficient (Wildman–Crippen LogP) is 2.03. The number of aromatic nitrogens is 3. The molecule has 7 nitrogen and oxygen atoms in total. The minimum Gasteiger partial charge on any atom is -0.376 e. The fourth-order valence-electron chi connectivity index (χ4n) is 3.18. The average Bonchev–Trinajstić information content (AvgIpc) is 3.30. The summed E-state index contributed by atoms with van der Waals surface area (Å²) in [5.74, 6) is 2.19. The van der Waals surface area contributed by atoms with Crippen LogP contribution in [-0.2, 0) is 24.8 Å². The van der Waals surface area contributed by atoms with Crippen LogP contribution in [0.1, 0.15) is 35.6 Å². The van der Waals surface area contributed by atoms with Crippen LogP contribution in [0.5, 0.6) is 0 Å². The Labute approximate surface area is 165 Å². The highest BCUT2D eigenvalue weighted by molar-refractivity contribution is 5.79. The Kier molecular flexibility index (Phi) is 6.97. The Morgan fingerprint density at radius 2 is 2.18 bits per heavy atom. The molecule has 2 aromatic rings. The van der Waals surface area contributed by atoms with Crippen molar-refractivity contribution in [2.75, 3.05) is 19.7 Å². The molecule has 8 heteroatoms. The van der Waals surface area contributed by atoms with Crippen molar-refractivity contribution >= 4 is 5.96 Å². The molecule has 0 amide bonds. The van der Waals surface area contributed by atoms with E-state index >= 15 is 0 Å². The maximum Gasteiger partial charge on any atom is 0.191 e. The molecule has 28 heavy (non-hydrogen) atoms. The van der Waals surface area contributed by atoms with Crippen LogP contribution in [0, 0.1) is 19.7 Å². The van der Waals surface area contributed by atoms with E-state index in [0.717, 1.165) is 61.1 Å². The smallest absolute Gasteiger partial charge is 0.191 e. The first-order valence-electron chi connectivity index (χ1n) is 9.76. The van der Waals surface area contributed by atoms with E-state index in [1.807, 2.05) is 31.5 Å². The van der Waals surface area contributed by atoms with Crippen molar-refractivity contribution in [1.29, 1.82) is 0 Å². The molecule has 0 spiro atoms. The van der Waals surface area contributed by atoms with Gasteiger partial charge >= 0.3 is 0 Å². The molecule has 0 radical (unpaired) electrons. The quantitative estimate of drug-likeness (QED) is 0.561. The lowest BCUT2D eigenvalue weighted by Gasteiger charge is -2.16. The lowest BCUT2D eigenvalue weighted by Crippen LogP contribution is -2.42. The number of aliphatic imine (C=N–C) groups is 1. The Hall–Kier alpha value is -2.48. The van der Waals surface area contributed by atoms with E-state index in [9.17, 15) is 4.39 Å². The zero-order valence-corrected chi connectivity index (χ0v) is 16.8. The van der Waals surface area contributed by atoms with E-state index in [2.05, 4.69) is 25.8 Å². The van der Waals surface area contributed by atoms with Crippen molar-refractivity contribution in [2.24, 2.45) is 12.0 Å². The van der Waals surface area contributed by atoms with E-state index in [-0.39, 0.29) is 11.9 Å². The average molecular weight is 388 g/mol. The van der Waals surface area contributed by atoms with Crippen molar-refractivity contribution in [2.45, 2.75) is 45.8 Å². The predicted molar refractivity (Wildman–Crippen MR) is 107 cm³/mol. The number of ether oxygens (including phenoxy) is 1. The molecule has 0 aliphatic carbocycles. The van der Waals surface area contributed by atoms with E-state index in [1.165, 1.54) is 6.07 Å². The number of halogens is 1. The molecule has 1 saturated heterocycles. The third-order valence-electron chi connectivity index (χ3n) is 5.07. The zero-order valence-electron chi connectivity index (χ0n) is 16.8. The fourth-order valence-corrected chi connectivity index (χ4v) is 3.18. The monoisotopic (exact) mass is 388 g/mol. The summed E-state index contributed by atoms with van der Waals surface area (Å²) in [7, 11) is 1.93. The van der Waals surface area contributed by atoms with Crippen molar-refractivity contribution in [1.82, 2.24) is 25.4 Å². The Balaban J connectivity index is 1.59. The normalized spacial score (nSPS) is 17.1. The van der Waals surface area contributed by atoms with Gasteiger partial charge in [-0.2, -0.15) is 0 Å². The number of hydrogen-bond acceptors (Lipinski definition) is 4. The molecular weight excluding hydrogens is 359 g/mol. The summed E-state index contributed by atoms with van der Waals surface area (Å²) in [5, 5.41) is 15.0. The minimum atomic E-state index is -0.200. The topological polar surface area (TPSA) is 76.4 Å². The second kappa shape index (κ2) is 9.64. The van der Waals surface area contributed by atoms with Crippen LogP contribution < -0.4 is 10.6 Å². The van der Waals surface area contributed by atoms with Gasteiger partial charge in [0.15, 0.2) is 11.8 Å². The largest absolute Gasteiger partial charge is 0.376 e. The molecule has 152 valence electrons. The molecule has 1 aliphatic rings. The molecule has 2 heterocycles. The van der Waals surface area contributed by atoms with E-state index < -0.39 is 0 Å². The van der Waals surface area contributed by atoms with Gasteiger partial charge < -0.3 is 19.9 Å². The third-order valence-corrected chi connectivity index (χ3v) is 5.07. The number of rotatable bonds is 7.